The molecule has 0 saturated heterocycles. The van der Waals surface area contributed by atoms with Crippen molar-refractivity contribution in [1.29, 1.82) is 0 Å². The summed E-state index contributed by atoms with van der Waals surface area (Å²) >= 11 is 2.95. The fourth-order valence-electron chi connectivity index (χ4n) is 0.775. The molecule has 0 aliphatic rings. The summed E-state index contributed by atoms with van der Waals surface area (Å²) in [6.07, 6.45) is 5.13. The molecule has 0 N–H and O–H groups in total. The van der Waals surface area contributed by atoms with Crippen LogP contribution in [0.5, 0.6) is 0 Å². The van der Waals surface area contributed by atoms with Crippen LogP contribution >= 0.6 is 15.9 Å². The molecule has 0 saturated carbocycles. The summed E-state index contributed by atoms with van der Waals surface area (Å²) in [5.41, 5.74) is 0. The Bertz CT molecular complexity index is 99.4. The Kier molecular flexibility index (Phi) is 7.37. The van der Waals surface area contributed by atoms with E-state index in [0.717, 1.165) is 12.8 Å². The smallest absolute Gasteiger partial charge is 0.107 e. The lowest BCUT2D eigenvalue weighted by Crippen LogP contribution is -1.76. The van der Waals surface area contributed by atoms with Gasteiger partial charge >= 0.3 is 0 Å². The zero-order valence-electron chi connectivity index (χ0n) is 6.37. The van der Waals surface area contributed by atoms with Crippen LogP contribution in [0.3, 0.4) is 0 Å². The molecule has 0 fully saturated rings. The molecule has 10 heavy (non-hydrogen) atoms. The van der Waals surface area contributed by atoms with E-state index >= 15 is 0 Å². The molecule has 0 nitrogen and oxygen atoms in total. The summed E-state index contributed by atoms with van der Waals surface area (Å²) in [4.78, 5) is 1.36. The molecule has 0 spiro atoms. The van der Waals surface area contributed by atoms with Crippen molar-refractivity contribution < 1.29 is 4.39 Å². The first-order chi connectivity index (χ1) is 4.81. The average Bonchev–Trinajstić information content (AvgIpc) is 1.98. The SMILES string of the molecule is CCCCCC/C(F)=C/Br. The quantitative estimate of drug-likeness (QED) is 0.596. The highest BCUT2D eigenvalue weighted by atomic mass is 79.9. The maximum Gasteiger partial charge on any atom is 0.107 e. The predicted octanol–water partition coefficient (Wildman–Crippen LogP) is 4.16. The third-order valence-corrected chi connectivity index (χ3v) is 1.88. The number of hydrogen-bond acceptors (Lipinski definition) is 0. The van der Waals surface area contributed by atoms with Gasteiger partial charge in [-0.3, -0.25) is 0 Å². The van der Waals surface area contributed by atoms with E-state index in [4.69, 9.17) is 0 Å². The molecule has 0 aromatic carbocycles. The monoisotopic (exact) mass is 208 g/mol. The van der Waals surface area contributed by atoms with E-state index in [0.29, 0.717) is 6.42 Å². The van der Waals surface area contributed by atoms with Crippen LogP contribution in [0.1, 0.15) is 39.0 Å². The third-order valence-electron chi connectivity index (χ3n) is 1.39. The highest BCUT2D eigenvalue weighted by molar-refractivity contribution is 9.11. The molecule has 0 heterocycles. The van der Waals surface area contributed by atoms with Crippen molar-refractivity contribution in [1.82, 2.24) is 0 Å². The van der Waals surface area contributed by atoms with Gasteiger partial charge in [0.2, 0.25) is 0 Å². The molecular weight excluding hydrogens is 195 g/mol. The van der Waals surface area contributed by atoms with Gasteiger partial charge in [0.25, 0.3) is 0 Å². The van der Waals surface area contributed by atoms with E-state index in [1.54, 1.807) is 0 Å². The van der Waals surface area contributed by atoms with Crippen molar-refractivity contribution in [3.05, 3.63) is 10.8 Å². The molecule has 60 valence electrons. The van der Waals surface area contributed by atoms with Crippen LogP contribution in [0.2, 0.25) is 0 Å². The summed E-state index contributed by atoms with van der Waals surface area (Å²) in [5.74, 6) is -0.0453. The molecule has 0 aliphatic heterocycles. The van der Waals surface area contributed by atoms with Gasteiger partial charge in [0.05, 0.1) is 0 Å². The van der Waals surface area contributed by atoms with Crippen molar-refractivity contribution in [3.8, 4) is 0 Å². The molecule has 2 heteroatoms. The Labute approximate surface area is 70.6 Å². The predicted molar refractivity (Wildman–Crippen MR) is 46.9 cm³/mol. The van der Waals surface area contributed by atoms with E-state index < -0.39 is 0 Å². The van der Waals surface area contributed by atoms with E-state index in [1.165, 1.54) is 17.8 Å². The van der Waals surface area contributed by atoms with Gasteiger partial charge in [0.1, 0.15) is 5.83 Å². The Morgan fingerprint density at radius 2 is 2.10 bits per heavy atom. The number of rotatable bonds is 5. The van der Waals surface area contributed by atoms with Crippen LogP contribution in [0.15, 0.2) is 10.8 Å². The minimum absolute atomic E-state index is 0.0453. The minimum atomic E-state index is -0.0453. The highest BCUT2D eigenvalue weighted by Gasteiger charge is 1.92. The lowest BCUT2D eigenvalue weighted by Gasteiger charge is -1.95. The lowest BCUT2D eigenvalue weighted by atomic mass is 10.1. The van der Waals surface area contributed by atoms with E-state index in [9.17, 15) is 4.39 Å². The largest absolute Gasteiger partial charge is 0.211 e. The van der Waals surface area contributed by atoms with E-state index in [1.807, 2.05) is 0 Å². The first-order valence-corrected chi connectivity index (χ1v) is 4.67. The molecule has 0 aliphatic carbocycles. The summed E-state index contributed by atoms with van der Waals surface area (Å²) in [5, 5.41) is 0. The maximum absolute atomic E-state index is 12.4. The molecule has 0 radical (unpaired) electrons. The van der Waals surface area contributed by atoms with Crippen molar-refractivity contribution in [3.63, 3.8) is 0 Å². The van der Waals surface area contributed by atoms with E-state index in [-0.39, 0.29) is 5.83 Å². The molecule has 0 aromatic rings. The Morgan fingerprint density at radius 3 is 2.60 bits per heavy atom. The molecule has 0 atom stereocenters. The Balaban J connectivity index is 3.04. The van der Waals surface area contributed by atoms with Crippen molar-refractivity contribution in [2.75, 3.05) is 0 Å². The number of halogens is 2. The Hall–Kier alpha value is 0.150. The zero-order chi connectivity index (χ0) is 7.82. The van der Waals surface area contributed by atoms with Gasteiger partial charge in [0, 0.05) is 4.99 Å². The van der Waals surface area contributed by atoms with Gasteiger partial charge in [0.15, 0.2) is 0 Å². The number of unbranched alkanes of at least 4 members (excludes halogenated alkanes) is 3. The fourth-order valence-corrected chi connectivity index (χ4v) is 1.00. The second kappa shape index (κ2) is 7.26. The van der Waals surface area contributed by atoms with Crippen LogP contribution in [-0.2, 0) is 0 Å². The normalized spacial score (nSPS) is 12.1. The summed E-state index contributed by atoms with van der Waals surface area (Å²) in [7, 11) is 0. The molecular formula is C8H14BrF. The van der Waals surface area contributed by atoms with Gasteiger partial charge in [-0.15, -0.1) is 0 Å². The van der Waals surface area contributed by atoms with Crippen LogP contribution in [0.4, 0.5) is 4.39 Å². The van der Waals surface area contributed by atoms with Crippen molar-refractivity contribution >= 4 is 15.9 Å². The van der Waals surface area contributed by atoms with Crippen LogP contribution < -0.4 is 0 Å². The number of hydrogen-bond donors (Lipinski definition) is 0. The highest BCUT2D eigenvalue weighted by Crippen LogP contribution is 2.12. The first kappa shape index (κ1) is 10.2. The average molecular weight is 209 g/mol. The second-order valence-electron chi connectivity index (χ2n) is 2.37. The molecule has 0 amide bonds. The Morgan fingerprint density at radius 1 is 1.40 bits per heavy atom. The van der Waals surface area contributed by atoms with Gasteiger partial charge in [-0.1, -0.05) is 42.1 Å². The lowest BCUT2D eigenvalue weighted by molar-refractivity contribution is 0.555. The van der Waals surface area contributed by atoms with E-state index in [2.05, 4.69) is 22.9 Å². The third kappa shape index (κ3) is 6.27. The second-order valence-corrected chi connectivity index (χ2v) is 2.82. The maximum atomic E-state index is 12.4. The summed E-state index contributed by atoms with van der Waals surface area (Å²) in [6, 6.07) is 0. The molecule has 0 unspecified atom stereocenters. The van der Waals surface area contributed by atoms with Crippen molar-refractivity contribution in [2.45, 2.75) is 39.0 Å². The summed E-state index contributed by atoms with van der Waals surface area (Å²) < 4.78 is 12.4. The van der Waals surface area contributed by atoms with Crippen molar-refractivity contribution in [2.24, 2.45) is 0 Å². The first-order valence-electron chi connectivity index (χ1n) is 3.76. The van der Waals surface area contributed by atoms with Gasteiger partial charge in [-0.25, -0.2) is 4.39 Å². The van der Waals surface area contributed by atoms with Gasteiger partial charge in [-0.2, -0.15) is 0 Å². The number of allylic oxidation sites excluding steroid dienone is 1. The van der Waals surface area contributed by atoms with Crippen LogP contribution in [0, 0.1) is 0 Å². The molecule has 0 aromatic heterocycles. The van der Waals surface area contributed by atoms with Gasteiger partial charge in [-0.05, 0) is 12.8 Å². The standard InChI is InChI=1S/C8H14BrF/c1-2-3-4-5-6-8(10)7-9/h7H,2-6H2,1H3/b8-7-. The van der Waals surface area contributed by atoms with Crippen LogP contribution in [-0.4, -0.2) is 0 Å². The summed E-state index contributed by atoms with van der Waals surface area (Å²) in [6.45, 7) is 2.15. The van der Waals surface area contributed by atoms with Gasteiger partial charge < -0.3 is 0 Å². The fraction of sp³-hybridized carbons (Fsp3) is 0.750. The van der Waals surface area contributed by atoms with Crippen LogP contribution in [0.25, 0.3) is 0 Å². The molecule has 0 rings (SSSR count). The minimum Gasteiger partial charge on any atom is -0.211 e. The topological polar surface area (TPSA) is 0 Å². The zero-order valence-corrected chi connectivity index (χ0v) is 7.95. The molecule has 0 bridgehead atoms.